The van der Waals surface area contributed by atoms with Gasteiger partial charge in [0.1, 0.15) is 0 Å². The van der Waals surface area contributed by atoms with Crippen LogP contribution in [0.3, 0.4) is 0 Å². The topological polar surface area (TPSA) is 85.0 Å². The largest absolute Gasteiger partial charge is 0.338 e. The van der Waals surface area contributed by atoms with Crippen molar-refractivity contribution in [2.24, 2.45) is 0 Å². The van der Waals surface area contributed by atoms with Crippen LogP contribution in [0, 0.1) is 0 Å². The molecule has 3 aromatic rings. The Bertz CT molecular complexity index is 932. The second-order valence-corrected chi connectivity index (χ2v) is 6.67. The van der Waals surface area contributed by atoms with Crippen molar-refractivity contribution < 1.29 is 0 Å². The molecule has 10 heteroatoms. The van der Waals surface area contributed by atoms with Crippen LogP contribution in [0.15, 0.2) is 47.8 Å². The van der Waals surface area contributed by atoms with E-state index in [1.165, 1.54) is 10.7 Å². The lowest BCUT2D eigenvalue weighted by atomic mass is 10.3. The van der Waals surface area contributed by atoms with E-state index in [1.54, 1.807) is 35.5 Å². The Hall–Kier alpha value is -2.78. The second-order valence-electron chi connectivity index (χ2n) is 6.23. The highest BCUT2D eigenvalue weighted by molar-refractivity contribution is 6.30. The number of hydrogen-bond acceptors (Lipinski definition) is 7. The smallest absolute Gasteiger partial charge is 0.266 e. The summed E-state index contributed by atoms with van der Waals surface area (Å²) in [5.74, 6) is 1.33. The Balaban J connectivity index is 1.34. The van der Waals surface area contributed by atoms with Crippen molar-refractivity contribution in [2.75, 3.05) is 37.6 Å². The van der Waals surface area contributed by atoms with Crippen molar-refractivity contribution in [2.45, 2.75) is 6.54 Å². The normalized spacial score (nSPS) is 15.2. The zero-order valence-corrected chi connectivity index (χ0v) is 15.4. The van der Waals surface area contributed by atoms with Gasteiger partial charge < -0.3 is 4.90 Å². The van der Waals surface area contributed by atoms with Crippen molar-refractivity contribution in [1.29, 1.82) is 0 Å². The van der Waals surface area contributed by atoms with Crippen LogP contribution in [-0.4, -0.2) is 67.2 Å². The van der Waals surface area contributed by atoms with Crippen molar-refractivity contribution in [3.63, 3.8) is 0 Å². The van der Waals surface area contributed by atoms with E-state index in [4.69, 9.17) is 11.6 Å². The predicted octanol–water partition coefficient (Wildman–Crippen LogP) is 0.695. The molecule has 9 nitrogen and oxygen atoms in total. The fourth-order valence-electron chi connectivity index (χ4n) is 3.00. The molecule has 0 aliphatic carbocycles. The van der Waals surface area contributed by atoms with E-state index in [0.717, 1.165) is 32.7 Å². The maximum Gasteiger partial charge on any atom is 0.266 e. The highest BCUT2D eigenvalue weighted by atomic mass is 35.5. The number of halogens is 1. The minimum atomic E-state index is -0.112. The first-order valence-electron chi connectivity index (χ1n) is 8.72. The Kier molecular flexibility index (Phi) is 5.12. The average Bonchev–Trinajstić information content (AvgIpc) is 3.23. The van der Waals surface area contributed by atoms with Crippen LogP contribution in [0.5, 0.6) is 0 Å². The van der Waals surface area contributed by atoms with Crippen molar-refractivity contribution >= 4 is 17.5 Å². The van der Waals surface area contributed by atoms with Gasteiger partial charge in [-0.1, -0.05) is 11.6 Å². The lowest BCUT2D eigenvalue weighted by Gasteiger charge is -2.34. The monoisotopic (exact) mass is 386 g/mol. The third-order valence-corrected chi connectivity index (χ3v) is 4.68. The van der Waals surface area contributed by atoms with Gasteiger partial charge in [-0.05, 0) is 12.1 Å². The van der Waals surface area contributed by atoms with Gasteiger partial charge >= 0.3 is 0 Å². The molecule has 1 saturated heterocycles. The lowest BCUT2D eigenvalue weighted by molar-refractivity contribution is 0.241. The maximum absolute atomic E-state index is 12.1. The number of hydrogen-bond donors (Lipinski definition) is 0. The molecule has 0 atom stereocenters. The molecule has 1 aliphatic heterocycles. The summed E-state index contributed by atoms with van der Waals surface area (Å²) in [7, 11) is 0. The molecule has 0 spiro atoms. The molecule has 4 heterocycles. The van der Waals surface area contributed by atoms with Crippen molar-refractivity contribution in [3.8, 4) is 5.82 Å². The van der Waals surface area contributed by atoms with E-state index >= 15 is 0 Å². The van der Waals surface area contributed by atoms with Crippen LogP contribution in [0.25, 0.3) is 5.82 Å². The molecule has 0 saturated carbocycles. The molecular weight excluding hydrogens is 368 g/mol. The highest BCUT2D eigenvalue weighted by Crippen LogP contribution is 2.12. The van der Waals surface area contributed by atoms with Crippen LogP contribution in [0.2, 0.25) is 5.02 Å². The van der Waals surface area contributed by atoms with Crippen molar-refractivity contribution in [3.05, 3.63) is 58.4 Å². The van der Waals surface area contributed by atoms with Gasteiger partial charge in [-0.2, -0.15) is 5.10 Å². The molecule has 0 unspecified atom stereocenters. The molecule has 1 fully saturated rings. The van der Waals surface area contributed by atoms with Gasteiger partial charge in [0.2, 0.25) is 5.95 Å². The molecule has 3 aromatic heterocycles. The van der Waals surface area contributed by atoms with Crippen LogP contribution in [-0.2, 0) is 6.54 Å². The summed E-state index contributed by atoms with van der Waals surface area (Å²) in [5.41, 5.74) is -0.112. The SMILES string of the molecule is O=c1ccc(-n2cccn2)nn1CCN1CCN(c2ncc(Cl)cn2)CC1. The number of nitrogens with zero attached hydrogens (tertiary/aromatic N) is 8. The quantitative estimate of drug-likeness (QED) is 0.637. The number of aromatic nitrogens is 6. The Labute approximate surface area is 160 Å². The van der Waals surface area contributed by atoms with Crippen LogP contribution >= 0.6 is 11.6 Å². The van der Waals surface area contributed by atoms with Crippen LogP contribution < -0.4 is 10.5 Å². The predicted molar refractivity (Wildman–Crippen MR) is 101 cm³/mol. The molecule has 27 heavy (non-hydrogen) atoms. The minimum Gasteiger partial charge on any atom is -0.338 e. The van der Waals surface area contributed by atoms with E-state index in [9.17, 15) is 4.79 Å². The fraction of sp³-hybridized carbons (Fsp3) is 0.353. The summed E-state index contributed by atoms with van der Waals surface area (Å²) in [6.07, 6.45) is 6.71. The summed E-state index contributed by atoms with van der Waals surface area (Å²) in [6.45, 7) is 4.70. The number of piperazine rings is 1. The van der Waals surface area contributed by atoms with E-state index in [-0.39, 0.29) is 5.56 Å². The van der Waals surface area contributed by atoms with Gasteiger partial charge in [0.15, 0.2) is 5.82 Å². The van der Waals surface area contributed by atoms with Crippen LogP contribution in [0.1, 0.15) is 0 Å². The third-order valence-electron chi connectivity index (χ3n) is 4.48. The zero-order valence-electron chi connectivity index (χ0n) is 14.6. The fourth-order valence-corrected chi connectivity index (χ4v) is 3.10. The second kappa shape index (κ2) is 7.85. The molecular formula is C17H19ClN8O. The number of rotatable bonds is 5. The van der Waals surface area contributed by atoms with Crippen LogP contribution in [0.4, 0.5) is 5.95 Å². The summed E-state index contributed by atoms with van der Waals surface area (Å²) in [6, 6.07) is 5.03. The first kappa shape index (κ1) is 17.6. The lowest BCUT2D eigenvalue weighted by Crippen LogP contribution is -2.48. The highest BCUT2D eigenvalue weighted by Gasteiger charge is 2.19. The molecule has 0 bridgehead atoms. The van der Waals surface area contributed by atoms with Gasteiger partial charge in [-0.25, -0.2) is 19.3 Å². The Morgan fingerprint density at radius 1 is 1.04 bits per heavy atom. The van der Waals surface area contributed by atoms with E-state index in [0.29, 0.717) is 23.3 Å². The van der Waals surface area contributed by atoms with Gasteiger partial charge in [0, 0.05) is 51.2 Å². The molecule has 140 valence electrons. The Morgan fingerprint density at radius 3 is 2.52 bits per heavy atom. The van der Waals surface area contributed by atoms with Gasteiger partial charge in [0.05, 0.1) is 24.0 Å². The molecule has 0 amide bonds. The first-order valence-corrected chi connectivity index (χ1v) is 9.10. The zero-order chi connectivity index (χ0) is 18.6. The van der Waals surface area contributed by atoms with Gasteiger partial charge in [-0.3, -0.25) is 9.69 Å². The van der Waals surface area contributed by atoms with E-state index in [2.05, 4.69) is 30.0 Å². The molecule has 4 rings (SSSR count). The van der Waals surface area contributed by atoms with Crippen molar-refractivity contribution in [1.82, 2.24) is 34.4 Å². The average molecular weight is 387 g/mol. The molecule has 1 aliphatic rings. The van der Waals surface area contributed by atoms with Gasteiger partial charge in [-0.15, -0.1) is 5.10 Å². The molecule has 0 aromatic carbocycles. The Morgan fingerprint density at radius 2 is 1.81 bits per heavy atom. The summed E-state index contributed by atoms with van der Waals surface area (Å²) >= 11 is 5.84. The minimum absolute atomic E-state index is 0.112. The first-order chi connectivity index (χ1) is 13.2. The molecule has 0 N–H and O–H groups in total. The summed E-state index contributed by atoms with van der Waals surface area (Å²) < 4.78 is 3.13. The summed E-state index contributed by atoms with van der Waals surface area (Å²) in [4.78, 5) is 25.1. The van der Waals surface area contributed by atoms with E-state index < -0.39 is 0 Å². The van der Waals surface area contributed by atoms with E-state index in [1.807, 2.05) is 6.07 Å². The number of anilines is 1. The molecule has 0 radical (unpaired) electrons. The third kappa shape index (κ3) is 4.15. The maximum atomic E-state index is 12.1. The van der Waals surface area contributed by atoms with Gasteiger partial charge in [0.25, 0.3) is 5.56 Å². The standard InChI is InChI=1S/C17H19ClN8O/c18-14-12-19-17(20-13-14)24-9-6-23(7-10-24)8-11-26-16(27)3-2-15(22-26)25-5-1-4-21-25/h1-5,12-13H,6-11H2. The summed E-state index contributed by atoms with van der Waals surface area (Å²) in [5, 5.41) is 9.09.